The second kappa shape index (κ2) is 10.5. The van der Waals surface area contributed by atoms with Crippen LogP contribution in [0.2, 0.25) is 0 Å². The molecule has 1 aliphatic rings. The van der Waals surface area contributed by atoms with Crippen LogP contribution in [-0.4, -0.2) is 74.8 Å². The van der Waals surface area contributed by atoms with Crippen LogP contribution in [0.1, 0.15) is 6.04 Å². The summed E-state index contributed by atoms with van der Waals surface area (Å²) >= 11 is 1.22. The summed E-state index contributed by atoms with van der Waals surface area (Å²) in [6.45, 7) is -0.526. The summed E-state index contributed by atoms with van der Waals surface area (Å²) in [5.74, 6) is -4.37. The number of hydrogen-bond acceptors (Lipinski definition) is 8. The van der Waals surface area contributed by atoms with Gasteiger partial charge in [-0.3, -0.25) is 0 Å². The fourth-order valence-corrected chi connectivity index (χ4v) is 5.69. The van der Waals surface area contributed by atoms with Crippen molar-refractivity contribution < 1.29 is 33.2 Å². The van der Waals surface area contributed by atoms with Crippen molar-refractivity contribution in [1.82, 2.24) is 15.0 Å². The number of thioether (sulfide) groups is 1. The molecular formula is C26H25F3N4O4S. The highest BCUT2D eigenvalue weighted by molar-refractivity contribution is 7.99. The van der Waals surface area contributed by atoms with Crippen LogP contribution in [-0.2, 0) is 4.74 Å². The molecule has 12 heteroatoms. The third-order valence-corrected chi connectivity index (χ3v) is 7.66. The van der Waals surface area contributed by atoms with Crippen LogP contribution in [0.25, 0.3) is 22.0 Å². The van der Waals surface area contributed by atoms with Crippen LogP contribution in [0.3, 0.4) is 0 Å². The van der Waals surface area contributed by atoms with Crippen molar-refractivity contribution >= 4 is 28.2 Å². The Morgan fingerprint density at radius 2 is 1.76 bits per heavy atom. The van der Waals surface area contributed by atoms with Crippen molar-refractivity contribution in [1.29, 1.82) is 0 Å². The van der Waals surface area contributed by atoms with Crippen LogP contribution >= 0.6 is 11.8 Å². The van der Waals surface area contributed by atoms with E-state index in [2.05, 4.69) is 10.3 Å². The molecule has 4 aromatic rings. The van der Waals surface area contributed by atoms with Crippen molar-refractivity contribution in [2.75, 3.05) is 25.6 Å². The fourth-order valence-electron chi connectivity index (χ4n) is 4.58. The number of fused-ring (bicyclic) bond motifs is 1. The zero-order chi connectivity index (χ0) is 27.1. The molecule has 1 aliphatic heterocycles. The number of nitrogens with zero attached hydrogens (tertiary/aromatic N) is 4. The second-order valence-corrected chi connectivity index (χ2v) is 10.4. The average Bonchev–Trinajstić information content (AvgIpc) is 3.38. The van der Waals surface area contributed by atoms with Gasteiger partial charge < -0.3 is 25.0 Å². The van der Waals surface area contributed by atoms with E-state index in [0.717, 1.165) is 38.2 Å². The van der Waals surface area contributed by atoms with Gasteiger partial charge in [0.25, 0.3) is 0 Å². The summed E-state index contributed by atoms with van der Waals surface area (Å²) in [6, 6.07) is 12.2. The molecule has 2 heterocycles. The first-order chi connectivity index (χ1) is 18.2. The third-order valence-electron chi connectivity index (χ3n) is 6.51. The molecule has 1 saturated heterocycles. The van der Waals surface area contributed by atoms with Crippen LogP contribution < -0.4 is 4.90 Å². The van der Waals surface area contributed by atoms with E-state index in [1.54, 1.807) is 0 Å². The van der Waals surface area contributed by atoms with E-state index in [1.165, 1.54) is 18.0 Å². The van der Waals surface area contributed by atoms with Crippen LogP contribution in [0.5, 0.6) is 0 Å². The second-order valence-electron chi connectivity index (χ2n) is 9.21. The number of ether oxygens (including phenoxy) is 1. The highest BCUT2D eigenvalue weighted by atomic mass is 32.2. The summed E-state index contributed by atoms with van der Waals surface area (Å²) in [7, 11) is 3.92. The Hall–Kier alpha value is -3.16. The lowest BCUT2D eigenvalue weighted by Gasteiger charge is -2.41. The maximum Gasteiger partial charge on any atom is 0.194 e. The molecule has 0 saturated carbocycles. The minimum absolute atomic E-state index is 0.00432. The number of aromatic nitrogens is 3. The summed E-state index contributed by atoms with van der Waals surface area (Å²) in [5.41, 5.74) is 0.0917. The zero-order valence-electron chi connectivity index (χ0n) is 20.4. The number of rotatable bonds is 6. The average molecular weight is 547 g/mol. The molecule has 1 aromatic heterocycles. The topological polar surface area (TPSA) is 104 Å². The van der Waals surface area contributed by atoms with E-state index in [-0.39, 0.29) is 11.3 Å². The van der Waals surface area contributed by atoms with Crippen molar-refractivity contribution in [3.05, 3.63) is 72.2 Å². The summed E-state index contributed by atoms with van der Waals surface area (Å²) in [6.07, 6.45) is -2.45. The van der Waals surface area contributed by atoms with Gasteiger partial charge in [0.05, 0.1) is 12.8 Å². The molecule has 8 nitrogen and oxygen atoms in total. The van der Waals surface area contributed by atoms with E-state index >= 15 is 0 Å². The number of halogens is 3. The number of hydrogen-bond donors (Lipinski definition) is 3. The van der Waals surface area contributed by atoms with Crippen molar-refractivity contribution in [3.63, 3.8) is 0 Å². The standard InChI is InChI=1S/C26H25F3N4O4S/c1-32(2)20-5-3-4-13-8-15(6-7-16(13)20)38-26-25(36)23(24(35)21(12-34)37-26)33-11-19(30-31-33)14-9-17(27)22(29)18(28)10-14/h3-11,21,23-26,34-36H,12H2,1-2H3/t21-,23+,24+,25-,26-/m1/s1. The molecule has 0 unspecified atom stereocenters. The third kappa shape index (κ3) is 4.85. The van der Waals surface area contributed by atoms with Crippen molar-refractivity contribution in [2.45, 2.75) is 34.7 Å². The maximum absolute atomic E-state index is 13.7. The molecule has 0 bridgehead atoms. The molecular weight excluding hydrogens is 521 g/mol. The maximum atomic E-state index is 13.7. The number of aliphatic hydroxyl groups is 3. The monoisotopic (exact) mass is 546 g/mol. The van der Waals surface area contributed by atoms with Gasteiger partial charge in [-0.15, -0.1) is 5.10 Å². The summed E-state index contributed by atoms with van der Waals surface area (Å²) in [5, 5.41) is 41.8. The largest absolute Gasteiger partial charge is 0.394 e. The van der Waals surface area contributed by atoms with Gasteiger partial charge >= 0.3 is 0 Å². The van der Waals surface area contributed by atoms with Gasteiger partial charge in [-0.05, 0) is 35.7 Å². The Labute approximate surface area is 220 Å². The van der Waals surface area contributed by atoms with Crippen LogP contribution in [0.15, 0.2) is 59.6 Å². The molecule has 0 aliphatic carbocycles. The normalized spacial score (nSPS) is 23.6. The molecule has 38 heavy (non-hydrogen) atoms. The quantitative estimate of drug-likeness (QED) is 0.317. The van der Waals surface area contributed by atoms with E-state index in [4.69, 9.17) is 4.74 Å². The smallest absolute Gasteiger partial charge is 0.194 e. The predicted octanol–water partition coefficient (Wildman–Crippen LogP) is 3.35. The Kier molecular flexibility index (Phi) is 7.34. The number of aliphatic hydroxyl groups excluding tert-OH is 3. The minimum atomic E-state index is -1.60. The van der Waals surface area contributed by atoms with Crippen molar-refractivity contribution in [2.24, 2.45) is 0 Å². The molecule has 5 rings (SSSR count). The zero-order valence-corrected chi connectivity index (χ0v) is 21.2. The lowest BCUT2D eigenvalue weighted by molar-refractivity contribution is -0.178. The van der Waals surface area contributed by atoms with E-state index in [9.17, 15) is 28.5 Å². The molecule has 0 amide bonds. The van der Waals surface area contributed by atoms with E-state index in [0.29, 0.717) is 0 Å². The molecule has 3 aromatic carbocycles. The van der Waals surface area contributed by atoms with Crippen molar-refractivity contribution in [3.8, 4) is 11.3 Å². The molecule has 200 valence electrons. The van der Waals surface area contributed by atoms with Gasteiger partial charge in [0.1, 0.15) is 35.5 Å². The molecule has 1 fully saturated rings. The van der Waals surface area contributed by atoms with Gasteiger partial charge in [0.2, 0.25) is 0 Å². The van der Waals surface area contributed by atoms with E-state index in [1.807, 2.05) is 55.4 Å². The molecule has 0 radical (unpaired) electrons. The Morgan fingerprint density at radius 1 is 1.03 bits per heavy atom. The van der Waals surface area contributed by atoms with Crippen LogP contribution in [0.4, 0.5) is 18.9 Å². The fraction of sp³-hybridized carbons (Fsp3) is 0.308. The van der Waals surface area contributed by atoms with Gasteiger partial charge in [-0.25, -0.2) is 17.9 Å². The number of anilines is 1. The highest BCUT2D eigenvalue weighted by Crippen LogP contribution is 2.39. The minimum Gasteiger partial charge on any atom is -0.394 e. The van der Waals surface area contributed by atoms with Gasteiger partial charge in [0, 0.05) is 35.6 Å². The SMILES string of the molecule is CN(C)c1cccc2cc(S[C@H]3O[C@H](CO)[C@H](O)[C@H](n4cc(-c5cc(F)c(F)c(F)c5)nn4)[C@H]3O)ccc12. The molecule has 5 atom stereocenters. The Bertz CT molecular complexity index is 1450. The van der Waals surface area contributed by atoms with Gasteiger partial charge in [0.15, 0.2) is 17.5 Å². The predicted molar refractivity (Wildman–Crippen MR) is 136 cm³/mol. The van der Waals surface area contributed by atoms with Gasteiger partial charge in [-0.2, -0.15) is 0 Å². The Morgan fingerprint density at radius 3 is 2.45 bits per heavy atom. The first-order valence-electron chi connectivity index (χ1n) is 11.7. The lowest BCUT2D eigenvalue weighted by atomic mass is 9.97. The number of benzene rings is 3. The van der Waals surface area contributed by atoms with Crippen LogP contribution in [0, 0.1) is 17.5 Å². The summed E-state index contributed by atoms with van der Waals surface area (Å²) in [4.78, 5) is 2.81. The van der Waals surface area contributed by atoms with E-state index < -0.39 is 53.8 Å². The molecule has 0 spiro atoms. The first kappa shape index (κ1) is 26.4. The summed E-state index contributed by atoms with van der Waals surface area (Å²) < 4.78 is 47.8. The lowest BCUT2D eigenvalue weighted by Crippen LogP contribution is -2.55. The Balaban J connectivity index is 1.43. The first-order valence-corrected chi connectivity index (χ1v) is 12.6. The molecule has 3 N–H and O–H groups in total. The highest BCUT2D eigenvalue weighted by Gasteiger charge is 2.46. The van der Waals surface area contributed by atoms with Gasteiger partial charge in [-0.1, -0.05) is 35.2 Å².